The molecule has 2 rings (SSSR count). The van der Waals surface area contributed by atoms with Crippen molar-refractivity contribution in [3.05, 3.63) is 17.5 Å². The Morgan fingerprint density at radius 2 is 2.13 bits per heavy atom. The average Bonchev–Trinajstić information content (AvgIpc) is 2.22. The van der Waals surface area contributed by atoms with Crippen LogP contribution in [-0.2, 0) is 0 Å². The summed E-state index contributed by atoms with van der Waals surface area (Å²) in [6, 6.07) is 1.76. The van der Waals surface area contributed by atoms with Gasteiger partial charge in [0.2, 0.25) is 0 Å². The molecule has 0 spiro atoms. The molecule has 1 aromatic rings. The molecule has 0 bridgehead atoms. The molecule has 0 aromatic carbocycles. The maximum absolute atomic E-state index is 9.76. The first-order valence-electron chi connectivity index (χ1n) is 5.18. The van der Waals surface area contributed by atoms with Gasteiger partial charge in [0.25, 0.3) is 0 Å². The number of anilines is 1. The highest BCUT2D eigenvalue weighted by Crippen LogP contribution is 2.21. The van der Waals surface area contributed by atoms with Gasteiger partial charge in [-0.1, -0.05) is 24.4 Å². The van der Waals surface area contributed by atoms with Crippen molar-refractivity contribution < 1.29 is 5.11 Å². The molecule has 5 heteroatoms. The minimum Gasteiger partial charge on any atom is -0.391 e. The van der Waals surface area contributed by atoms with Gasteiger partial charge in [0.05, 0.1) is 12.1 Å². The zero-order chi connectivity index (χ0) is 10.7. The van der Waals surface area contributed by atoms with Crippen molar-refractivity contribution in [2.75, 3.05) is 5.32 Å². The summed E-state index contributed by atoms with van der Waals surface area (Å²) in [6.07, 6.45) is 5.21. The molecule has 1 aliphatic rings. The van der Waals surface area contributed by atoms with Gasteiger partial charge in [0.1, 0.15) is 17.3 Å². The first-order chi connectivity index (χ1) is 7.25. The standard InChI is InChI=1S/C10H14ClN3O/c11-9-5-10(13-6-12-9)14-7-3-1-2-4-8(7)15/h5-8,15H,1-4H2,(H,12,13,14). The first kappa shape index (κ1) is 10.6. The molecule has 82 valence electrons. The fourth-order valence-electron chi connectivity index (χ4n) is 1.88. The number of nitrogens with zero attached hydrogens (tertiary/aromatic N) is 2. The van der Waals surface area contributed by atoms with Gasteiger partial charge in [-0.2, -0.15) is 0 Å². The maximum Gasteiger partial charge on any atom is 0.134 e. The lowest BCUT2D eigenvalue weighted by Crippen LogP contribution is -2.36. The predicted molar refractivity (Wildman–Crippen MR) is 58.9 cm³/mol. The Kier molecular flexibility index (Phi) is 3.38. The Morgan fingerprint density at radius 3 is 2.87 bits per heavy atom. The molecular formula is C10H14ClN3O. The number of rotatable bonds is 2. The van der Waals surface area contributed by atoms with Gasteiger partial charge in [-0.25, -0.2) is 9.97 Å². The highest BCUT2D eigenvalue weighted by Gasteiger charge is 2.22. The molecule has 0 amide bonds. The van der Waals surface area contributed by atoms with E-state index in [1.54, 1.807) is 6.07 Å². The zero-order valence-corrected chi connectivity index (χ0v) is 9.11. The summed E-state index contributed by atoms with van der Waals surface area (Å²) in [5.74, 6) is 0.681. The molecular weight excluding hydrogens is 214 g/mol. The van der Waals surface area contributed by atoms with Crippen LogP contribution in [0.3, 0.4) is 0 Å². The molecule has 1 fully saturated rings. The Bertz CT molecular complexity index is 334. The second-order valence-corrected chi connectivity index (χ2v) is 4.22. The summed E-state index contributed by atoms with van der Waals surface area (Å²) in [7, 11) is 0. The second kappa shape index (κ2) is 4.77. The summed E-state index contributed by atoms with van der Waals surface area (Å²) in [5, 5.41) is 13.4. The van der Waals surface area contributed by atoms with Crippen molar-refractivity contribution >= 4 is 17.4 Å². The van der Waals surface area contributed by atoms with Crippen LogP contribution < -0.4 is 5.32 Å². The first-order valence-corrected chi connectivity index (χ1v) is 5.55. The number of aromatic nitrogens is 2. The van der Waals surface area contributed by atoms with Gasteiger partial charge in [0, 0.05) is 6.07 Å². The fourth-order valence-corrected chi connectivity index (χ4v) is 2.03. The molecule has 2 N–H and O–H groups in total. The van der Waals surface area contributed by atoms with E-state index in [0.29, 0.717) is 11.0 Å². The van der Waals surface area contributed by atoms with Crippen LogP contribution in [0.1, 0.15) is 25.7 Å². The summed E-state index contributed by atoms with van der Waals surface area (Å²) >= 11 is 5.75. The molecule has 2 atom stereocenters. The quantitative estimate of drug-likeness (QED) is 0.757. The summed E-state index contributed by atoms with van der Waals surface area (Å²) in [4.78, 5) is 7.85. The molecule has 1 saturated carbocycles. The largest absolute Gasteiger partial charge is 0.391 e. The van der Waals surface area contributed by atoms with Crippen LogP contribution in [-0.4, -0.2) is 27.2 Å². The Labute approximate surface area is 93.7 Å². The van der Waals surface area contributed by atoms with Crippen molar-refractivity contribution in [3.63, 3.8) is 0 Å². The molecule has 0 aliphatic heterocycles. The van der Waals surface area contributed by atoms with Gasteiger partial charge < -0.3 is 10.4 Å². The number of halogens is 1. The lowest BCUT2D eigenvalue weighted by atomic mass is 9.93. The normalized spacial score (nSPS) is 26.3. The highest BCUT2D eigenvalue weighted by atomic mass is 35.5. The molecule has 15 heavy (non-hydrogen) atoms. The summed E-state index contributed by atoms with van der Waals surface area (Å²) in [5.41, 5.74) is 0. The van der Waals surface area contributed by atoms with E-state index in [1.165, 1.54) is 6.33 Å². The average molecular weight is 228 g/mol. The minimum atomic E-state index is -0.285. The van der Waals surface area contributed by atoms with Crippen molar-refractivity contribution in [1.82, 2.24) is 9.97 Å². The Morgan fingerprint density at radius 1 is 1.33 bits per heavy atom. The van der Waals surface area contributed by atoms with Crippen LogP contribution in [0, 0.1) is 0 Å². The summed E-state index contributed by atoms with van der Waals surface area (Å²) in [6.45, 7) is 0. The van der Waals surface area contributed by atoms with Gasteiger partial charge >= 0.3 is 0 Å². The van der Waals surface area contributed by atoms with Gasteiger partial charge in [-0.3, -0.25) is 0 Å². The van der Waals surface area contributed by atoms with E-state index in [9.17, 15) is 5.11 Å². The molecule has 4 nitrogen and oxygen atoms in total. The van der Waals surface area contributed by atoms with Crippen molar-refractivity contribution in [2.45, 2.75) is 37.8 Å². The van der Waals surface area contributed by atoms with Crippen LogP contribution in [0.15, 0.2) is 12.4 Å². The van der Waals surface area contributed by atoms with E-state index >= 15 is 0 Å². The molecule has 1 aliphatic carbocycles. The van der Waals surface area contributed by atoms with E-state index in [-0.39, 0.29) is 12.1 Å². The van der Waals surface area contributed by atoms with Crippen molar-refractivity contribution in [2.24, 2.45) is 0 Å². The topological polar surface area (TPSA) is 58.0 Å². The number of aliphatic hydroxyl groups excluding tert-OH is 1. The van der Waals surface area contributed by atoms with Crippen molar-refractivity contribution in [1.29, 1.82) is 0 Å². The molecule has 2 unspecified atom stereocenters. The number of hydrogen-bond acceptors (Lipinski definition) is 4. The smallest absolute Gasteiger partial charge is 0.134 e. The predicted octanol–water partition coefficient (Wildman–Crippen LogP) is 1.85. The van der Waals surface area contributed by atoms with Crippen LogP contribution in [0.2, 0.25) is 5.15 Å². The molecule has 1 heterocycles. The third-order valence-corrected chi connectivity index (χ3v) is 2.90. The monoisotopic (exact) mass is 227 g/mol. The van der Waals surface area contributed by atoms with Crippen LogP contribution in [0.5, 0.6) is 0 Å². The van der Waals surface area contributed by atoms with Crippen LogP contribution >= 0.6 is 11.6 Å². The van der Waals surface area contributed by atoms with Crippen molar-refractivity contribution in [3.8, 4) is 0 Å². The van der Waals surface area contributed by atoms with Gasteiger partial charge in [-0.05, 0) is 12.8 Å². The molecule has 0 radical (unpaired) electrons. The van der Waals surface area contributed by atoms with E-state index in [2.05, 4.69) is 15.3 Å². The SMILES string of the molecule is OC1CCCCC1Nc1cc(Cl)ncn1. The summed E-state index contributed by atoms with van der Waals surface area (Å²) < 4.78 is 0. The Balaban J connectivity index is 2.01. The van der Waals surface area contributed by atoms with E-state index < -0.39 is 0 Å². The molecule has 0 saturated heterocycles. The lowest BCUT2D eigenvalue weighted by molar-refractivity contribution is 0.116. The third kappa shape index (κ3) is 2.79. The second-order valence-electron chi connectivity index (χ2n) is 3.83. The number of aliphatic hydroxyl groups is 1. The van der Waals surface area contributed by atoms with Gasteiger partial charge in [0.15, 0.2) is 0 Å². The van der Waals surface area contributed by atoms with E-state index in [0.717, 1.165) is 25.7 Å². The maximum atomic E-state index is 9.76. The number of hydrogen-bond donors (Lipinski definition) is 2. The fraction of sp³-hybridized carbons (Fsp3) is 0.600. The molecule has 1 aromatic heterocycles. The highest BCUT2D eigenvalue weighted by molar-refractivity contribution is 6.29. The van der Waals surface area contributed by atoms with E-state index in [4.69, 9.17) is 11.6 Å². The number of nitrogens with one attached hydrogen (secondary N) is 1. The van der Waals surface area contributed by atoms with Crippen LogP contribution in [0.25, 0.3) is 0 Å². The van der Waals surface area contributed by atoms with E-state index in [1.807, 2.05) is 0 Å². The van der Waals surface area contributed by atoms with Gasteiger partial charge in [-0.15, -0.1) is 0 Å². The zero-order valence-electron chi connectivity index (χ0n) is 8.36. The van der Waals surface area contributed by atoms with Crippen LogP contribution in [0.4, 0.5) is 5.82 Å². The minimum absolute atomic E-state index is 0.0877. The Hall–Kier alpha value is -0.870. The lowest BCUT2D eigenvalue weighted by Gasteiger charge is -2.28. The third-order valence-electron chi connectivity index (χ3n) is 2.70.